The maximum atomic E-state index is 6.19. The fourth-order valence-electron chi connectivity index (χ4n) is 2.06. The van der Waals surface area contributed by atoms with Crippen molar-refractivity contribution < 1.29 is 0 Å². The van der Waals surface area contributed by atoms with Gasteiger partial charge in [0.05, 0.1) is 17.2 Å². The number of rotatable bonds is 3. The third-order valence-electron chi connectivity index (χ3n) is 3.15. The van der Waals surface area contributed by atoms with Crippen LogP contribution < -0.4 is 5.73 Å². The van der Waals surface area contributed by atoms with Gasteiger partial charge in [-0.3, -0.25) is 0 Å². The Morgan fingerprint density at radius 1 is 0.895 bits per heavy atom. The molecule has 3 rings (SSSR count). The molecular weight excluding hydrogens is 252 g/mol. The molecular formula is C16H14N2S. The summed E-state index contributed by atoms with van der Waals surface area (Å²) in [5.74, 6) is 0. The van der Waals surface area contributed by atoms with E-state index in [4.69, 9.17) is 5.73 Å². The SMILES string of the molecule is NC(c1ccc(-c2ccccc2)cc1)c1cscn1. The van der Waals surface area contributed by atoms with Crippen molar-refractivity contribution in [2.75, 3.05) is 0 Å². The number of aromatic nitrogens is 1. The zero-order valence-corrected chi connectivity index (χ0v) is 11.2. The summed E-state index contributed by atoms with van der Waals surface area (Å²) >= 11 is 1.57. The van der Waals surface area contributed by atoms with E-state index in [0.717, 1.165) is 11.3 Å². The first kappa shape index (κ1) is 12.1. The molecule has 0 aliphatic heterocycles. The normalized spacial score (nSPS) is 12.3. The maximum Gasteiger partial charge on any atom is 0.0795 e. The molecule has 19 heavy (non-hydrogen) atoms. The van der Waals surface area contributed by atoms with Crippen molar-refractivity contribution >= 4 is 11.3 Å². The third kappa shape index (κ3) is 2.57. The van der Waals surface area contributed by atoms with Gasteiger partial charge in [0, 0.05) is 5.38 Å². The lowest BCUT2D eigenvalue weighted by Crippen LogP contribution is -2.11. The lowest BCUT2D eigenvalue weighted by atomic mass is 10.00. The van der Waals surface area contributed by atoms with Gasteiger partial charge in [0.15, 0.2) is 0 Å². The van der Waals surface area contributed by atoms with E-state index in [9.17, 15) is 0 Å². The van der Waals surface area contributed by atoms with E-state index in [-0.39, 0.29) is 6.04 Å². The first-order valence-electron chi connectivity index (χ1n) is 6.13. The molecule has 3 aromatic rings. The molecule has 0 aliphatic rings. The Balaban J connectivity index is 1.87. The standard InChI is InChI=1S/C16H14N2S/c17-16(15-10-19-11-18-15)14-8-6-13(7-9-14)12-4-2-1-3-5-12/h1-11,16H,17H2. The molecule has 1 atom stereocenters. The quantitative estimate of drug-likeness (QED) is 0.782. The van der Waals surface area contributed by atoms with Gasteiger partial charge >= 0.3 is 0 Å². The highest BCUT2D eigenvalue weighted by Gasteiger charge is 2.10. The van der Waals surface area contributed by atoms with E-state index in [1.807, 2.05) is 29.1 Å². The van der Waals surface area contributed by atoms with Crippen LogP contribution >= 0.6 is 11.3 Å². The molecule has 0 saturated heterocycles. The minimum Gasteiger partial charge on any atom is -0.319 e. The number of nitrogens with zero attached hydrogens (tertiary/aromatic N) is 1. The number of thiazole rings is 1. The van der Waals surface area contributed by atoms with Gasteiger partial charge < -0.3 is 5.73 Å². The number of hydrogen-bond donors (Lipinski definition) is 1. The monoisotopic (exact) mass is 266 g/mol. The summed E-state index contributed by atoms with van der Waals surface area (Å²) in [4.78, 5) is 4.27. The summed E-state index contributed by atoms with van der Waals surface area (Å²) in [6, 6.07) is 18.6. The molecule has 0 aliphatic carbocycles. The average molecular weight is 266 g/mol. The number of hydrogen-bond acceptors (Lipinski definition) is 3. The van der Waals surface area contributed by atoms with Crippen LogP contribution in [0.15, 0.2) is 65.5 Å². The molecule has 0 saturated carbocycles. The first-order valence-corrected chi connectivity index (χ1v) is 7.08. The van der Waals surface area contributed by atoms with Gasteiger partial charge in [-0.2, -0.15) is 0 Å². The van der Waals surface area contributed by atoms with E-state index in [1.54, 1.807) is 11.3 Å². The topological polar surface area (TPSA) is 38.9 Å². The maximum absolute atomic E-state index is 6.19. The van der Waals surface area contributed by atoms with Crippen molar-refractivity contribution in [3.8, 4) is 11.1 Å². The van der Waals surface area contributed by atoms with Gasteiger partial charge in [0.25, 0.3) is 0 Å². The van der Waals surface area contributed by atoms with Gasteiger partial charge in [0.2, 0.25) is 0 Å². The Morgan fingerprint density at radius 3 is 2.21 bits per heavy atom. The molecule has 0 fully saturated rings. The van der Waals surface area contributed by atoms with Gasteiger partial charge in [-0.15, -0.1) is 11.3 Å². The van der Waals surface area contributed by atoms with Crippen molar-refractivity contribution in [3.63, 3.8) is 0 Å². The zero-order chi connectivity index (χ0) is 13.1. The van der Waals surface area contributed by atoms with E-state index in [1.165, 1.54) is 11.1 Å². The van der Waals surface area contributed by atoms with Gasteiger partial charge in [0.1, 0.15) is 0 Å². The molecule has 2 aromatic carbocycles. The minimum absolute atomic E-state index is 0.143. The number of benzene rings is 2. The molecule has 2 N–H and O–H groups in total. The summed E-state index contributed by atoms with van der Waals surface area (Å²) < 4.78 is 0. The van der Waals surface area contributed by atoms with Gasteiger partial charge in [-0.05, 0) is 16.7 Å². The van der Waals surface area contributed by atoms with Crippen LogP contribution in [0, 0.1) is 0 Å². The fraction of sp³-hybridized carbons (Fsp3) is 0.0625. The highest BCUT2D eigenvalue weighted by molar-refractivity contribution is 7.07. The molecule has 0 bridgehead atoms. The van der Waals surface area contributed by atoms with Crippen LogP contribution in [-0.2, 0) is 0 Å². The lowest BCUT2D eigenvalue weighted by molar-refractivity contribution is 0.839. The Morgan fingerprint density at radius 2 is 1.58 bits per heavy atom. The molecule has 0 spiro atoms. The summed E-state index contributed by atoms with van der Waals surface area (Å²) in [6.07, 6.45) is 0. The fourth-order valence-corrected chi connectivity index (χ4v) is 2.65. The molecule has 0 radical (unpaired) electrons. The van der Waals surface area contributed by atoms with Crippen LogP contribution in [0.4, 0.5) is 0 Å². The Hall–Kier alpha value is -1.97. The van der Waals surface area contributed by atoms with Crippen molar-refractivity contribution in [2.45, 2.75) is 6.04 Å². The summed E-state index contributed by atoms with van der Waals surface area (Å²) in [7, 11) is 0. The second kappa shape index (κ2) is 5.34. The van der Waals surface area contributed by atoms with Crippen LogP contribution in [0.25, 0.3) is 11.1 Å². The second-order valence-electron chi connectivity index (χ2n) is 4.38. The van der Waals surface area contributed by atoms with E-state index in [0.29, 0.717) is 0 Å². The summed E-state index contributed by atoms with van der Waals surface area (Å²) in [6.45, 7) is 0. The highest BCUT2D eigenvalue weighted by Crippen LogP contribution is 2.24. The van der Waals surface area contributed by atoms with Crippen molar-refractivity contribution in [2.24, 2.45) is 5.73 Å². The minimum atomic E-state index is -0.143. The van der Waals surface area contributed by atoms with Crippen LogP contribution in [-0.4, -0.2) is 4.98 Å². The van der Waals surface area contributed by atoms with Crippen molar-refractivity contribution in [3.05, 3.63) is 76.7 Å². The predicted octanol–water partition coefficient (Wildman–Crippen LogP) is 3.86. The van der Waals surface area contributed by atoms with E-state index in [2.05, 4.69) is 41.4 Å². The van der Waals surface area contributed by atoms with Crippen molar-refractivity contribution in [1.82, 2.24) is 4.98 Å². The second-order valence-corrected chi connectivity index (χ2v) is 5.10. The Kier molecular flexibility index (Phi) is 3.40. The molecule has 3 heteroatoms. The largest absolute Gasteiger partial charge is 0.319 e. The molecule has 1 aromatic heterocycles. The molecule has 1 unspecified atom stereocenters. The lowest BCUT2D eigenvalue weighted by Gasteiger charge is -2.10. The third-order valence-corrected chi connectivity index (χ3v) is 3.75. The van der Waals surface area contributed by atoms with Crippen LogP contribution in [0.3, 0.4) is 0 Å². The van der Waals surface area contributed by atoms with Crippen LogP contribution in [0.2, 0.25) is 0 Å². The highest BCUT2D eigenvalue weighted by atomic mass is 32.1. The Labute approximate surface area is 116 Å². The van der Waals surface area contributed by atoms with Crippen LogP contribution in [0.5, 0.6) is 0 Å². The molecule has 0 amide bonds. The molecule has 94 valence electrons. The average Bonchev–Trinajstić information content (AvgIpc) is 3.02. The summed E-state index contributed by atoms with van der Waals surface area (Å²) in [5, 5.41) is 2.00. The van der Waals surface area contributed by atoms with Gasteiger partial charge in [-0.1, -0.05) is 54.6 Å². The van der Waals surface area contributed by atoms with Crippen LogP contribution in [0.1, 0.15) is 17.3 Å². The van der Waals surface area contributed by atoms with E-state index < -0.39 is 0 Å². The predicted molar refractivity (Wildman–Crippen MR) is 80.0 cm³/mol. The number of nitrogens with two attached hydrogens (primary N) is 1. The van der Waals surface area contributed by atoms with Crippen molar-refractivity contribution in [1.29, 1.82) is 0 Å². The van der Waals surface area contributed by atoms with E-state index >= 15 is 0 Å². The molecule has 1 heterocycles. The zero-order valence-electron chi connectivity index (χ0n) is 10.4. The van der Waals surface area contributed by atoms with Gasteiger partial charge in [-0.25, -0.2) is 4.98 Å². The smallest absolute Gasteiger partial charge is 0.0795 e. The molecule has 2 nitrogen and oxygen atoms in total. The Bertz CT molecular complexity index is 630. The first-order chi connectivity index (χ1) is 9.34. The summed E-state index contributed by atoms with van der Waals surface area (Å²) in [5.41, 5.74) is 12.4.